The Morgan fingerprint density at radius 2 is 1.48 bits per heavy atom. The van der Waals surface area contributed by atoms with Gasteiger partial charge in [-0.1, -0.05) is 24.4 Å². The number of halogens is 1. The third-order valence-electron chi connectivity index (χ3n) is 4.74. The zero-order valence-electron chi connectivity index (χ0n) is 16.0. The van der Waals surface area contributed by atoms with Crippen LogP contribution >= 0.6 is 11.6 Å². The summed E-state index contributed by atoms with van der Waals surface area (Å²) in [6.45, 7) is 0.917. The van der Waals surface area contributed by atoms with Gasteiger partial charge in [0.1, 0.15) is 5.75 Å². The Balaban J connectivity index is 1.96. The average Bonchev–Trinajstić information content (AvgIpc) is 2.98. The SMILES string of the molecule is COc1ccc(S(=O)(=O)N2CCCCCC2)cc1NS(=O)(=O)c1ccc(Cl)cc1. The quantitative estimate of drug-likeness (QED) is 0.712. The molecule has 29 heavy (non-hydrogen) atoms. The highest BCUT2D eigenvalue weighted by Crippen LogP contribution is 2.31. The molecule has 0 aromatic heterocycles. The Hall–Kier alpha value is -1.81. The predicted octanol–water partition coefficient (Wildman–Crippen LogP) is 3.71. The molecule has 0 atom stereocenters. The lowest BCUT2D eigenvalue weighted by atomic mass is 10.2. The molecule has 10 heteroatoms. The molecule has 1 aliphatic rings. The highest BCUT2D eigenvalue weighted by molar-refractivity contribution is 7.92. The van der Waals surface area contributed by atoms with Crippen LogP contribution in [0, 0.1) is 0 Å². The second-order valence-electron chi connectivity index (χ2n) is 6.74. The van der Waals surface area contributed by atoms with Crippen LogP contribution in [0.3, 0.4) is 0 Å². The summed E-state index contributed by atoms with van der Waals surface area (Å²) in [5.74, 6) is 0.220. The normalized spacial score (nSPS) is 16.2. The van der Waals surface area contributed by atoms with Crippen molar-refractivity contribution < 1.29 is 21.6 Å². The first-order valence-electron chi connectivity index (χ1n) is 9.20. The molecule has 1 fully saturated rings. The Labute approximate surface area is 176 Å². The molecule has 0 amide bonds. The Morgan fingerprint density at radius 3 is 2.07 bits per heavy atom. The molecule has 1 saturated heterocycles. The Kier molecular flexibility index (Phi) is 6.72. The fourth-order valence-corrected chi connectivity index (χ4v) is 5.91. The van der Waals surface area contributed by atoms with Crippen molar-refractivity contribution in [2.24, 2.45) is 0 Å². The van der Waals surface area contributed by atoms with Gasteiger partial charge in [0.15, 0.2) is 0 Å². The summed E-state index contributed by atoms with van der Waals surface area (Å²) in [7, 11) is -6.30. The fraction of sp³-hybridized carbons (Fsp3) is 0.368. The number of ether oxygens (including phenoxy) is 1. The van der Waals surface area contributed by atoms with Gasteiger partial charge in [-0.3, -0.25) is 4.72 Å². The molecule has 0 saturated carbocycles. The van der Waals surface area contributed by atoms with Crippen molar-refractivity contribution in [3.8, 4) is 5.75 Å². The number of hydrogen-bond acceptors (Lipinski definition) is 5. The number of hydrogen-bond donors (Lipinski definition) is 1. The number of anilines is 1. The number of sulfonamides is 2. The molecule has 0 radical (unpaired) electrons. The molecular weight excluding hydrogens is 436 g/mol. The van der Waals surface area contributed by atoms with E-state index in [1.165, 1.54) is 53.9 Å². The number of methoxy groups -OCH3 is 1. The smallest absolute Gasteiger partial charge is 0.262 e. The second-order valence-corrected chi connectivity index (χ2v) is 10.8. The predicted molar refractivity (Wildman–Crippen MR) is 112 cm³/mol. The van der Waals surface area contributed by atoms with E-state index in [1.807, 2.05) is 0 Å². The fourth-order valence-electron chi connectivity index (χ4n) is 3.18. The zero-order valence-corrected chi connectivity index (χ0v) is 18.4. The molecule has 3 rings (SSSR count). The molecule has 0 bridgehead atoms. The summed E-state index contributed by atoms with van der Waals surface area (Å²) in [6.07, 6.45) is 3.62. The van der Waals surface area contributed by atoms with Gasteiger partial charge in [0.25, 0.3) is 10.0 Å². The van der Waals surface area contributed by atoms with Crippen molar-refractivity contribution in [2.45, 2.75) is 35.5 Å². The topological polar surface area (TPSA) is 92.8 Å². The van der Waals surface area contributed by atoms with E-state index in [0.29, 0.717) is 18.1 Å². The van der Waals surface area contributed by atoms with Gasteiger partial charge in [0, 0.05) is 18.1 Å². The Bertz CT molecular complexity index is 1060. The van der Waals surface area contributed by atoms with Crippen molar-refractivity contribution in [3.05, 3.63) is 47.5 Å². The summed E-state index contributed by atoms with van der Waals surface area (Å²) in [5.41, 5.74) is 0.0540. The standard InChI is InChI=1S/C19H23ClN2O5S2/c1-27-19-11-10-17(29(25,26)22-12-4-2-3-5-13-22)14-18(19)21-28(23,24)16-8-6-15(20)7-9-16/h6-11,14,21H,2-5,12-13H2,1H3. The van der Waals surface area contributed by atoms with Gasteiger partial charge >= 0.3 is 0 Å². The van der Waals surface area contributed by atoms with Crippen LogP contribution in [0.1, 0.15) is 25.7 Å². The minimum absolute atomic E-state index is 0.00438. The maximum atomic E-state index is 13.1. The van der Waals surface area contributed by atoms with Gasteiger partial charge in [-0.05, 0) is 55.3 Å². The van der Waals surface area contributed by atoms with E-state index < -0.39 is 20.0 Å². The van der Waals surface area contributed by atoms with Crippen LogP contribution in [0.2, 0.25) is 5.02 Å². The van der Waals surface area contributed by atoms with E-state index in [2.05, 4.69) is 4.72 Å². The van der Waals surface area contributed by atoms with E-state index in [4.69, 9.17) is 16.3 Å². The summed E-state index contributed by atoms with van der Waals surface area (Å²) in [4.78, 5) is 0.0266. The van der Waals surface area contributed by atoms with Crippen molar-refractivity contribution in [1.82, 2.24) is 4.31 Å². The summed E-state index contributed by atoms with van der Waals surface area (Å²) in [6, 6.07) is 9.85. The van der Waals surface area contributed by atoms with Crippen molar-refractivity contribution in [3.63, 3.8) is 0 Å². The monoisotopic (exact) mass is 458 g/mol. The van der Waals surface area contributed by atoms with E-state index in [0.717, 1.165) is 25.7 Å². The van der Waals surface area contributed by atoms with Gasteiger partial charge in [0.2, 0.25) is 10.0 Å². The van der Waals surface area contributed by atoms with Gasteiger partial charge in [-0.2, -0.15) is 4.31 Å². The van der Waals surface area contributed by atoms with Crippen LogP contribution in [0.5, 0.6) is 5.75 Å². The number of nitrogens with zero attached hydrogens (tertiary/aromatic N) is 1. The highest BCUT2D eigenvalue weighted by atomic mass is 35.5. The van der Waals surface area contributed by atoms with E-state index in [9.17, 15) is 16.8 Å². The maximum Gasteiger partial charge on any atom is 0.262 e. The second kappa shape index (κ2) is 8.91. The lowest BCUT2D eigenvalue weighted by Crippen LogP contribution is -2.32. The molecule has 1 N–H and O–H groups in total. The third kappa shape index (κ3) is 5.03. The van der Waals surface area contributed by atoms with Crippen LogP contribution in [-0.4, -0.2) is 41.3 Å². The molecule has 1 aliphatic heterocycles. The molecule has 158 valence electrons. The summed E-state index contributed by atoms with van der Waals surface area (Å²) >= 11 is 5.82. The van der Waals surface area contributed by atoms with Crippen molar-refractivity contribution >= 4 is 37.3 Å². The van der Waals surface area contributed by atoms with Gasteiger partial charge in [-0.25, -0.2) is 16.8 Å². The van der Waals surface area contributed by atoms with Crippen molar-refractivity contribution in [1.29, 1.82) is 0 Å². The van der Waals surface area contributed by atoms with Crippen molar-refractivity contribution in [2.75, 3.05) is 24.9 Å². The molecular formula is C19H23ClN2O5S2. The minimum atomic E-state index is -3.95. The van der Waals surface area contributed by atoms with Crippen LogP contribution in [0.25, 0.3) is 0 Å². The first kappa shape index (κ1) is 21.9. The highest BCUT2D eigenvalue weighted by Gasteiger charge is 2.27. The van der Waals surface area contributed by atoms with E-state index in [1.54, 1.807) is 0 Å². The minimum Gasteiger partial charge on any atom is -0.495 e. The number of nitrogens with one attached hydrogen (secondary N) is 1. The third-order valence-corrected chi connectivity index (χ3v) is 8.27. The van der Waals surface area contributed by atoms with E-state index in [-0.39, 0.29) is 21.2 Å². The molecule has 0 unspecified atom stereocenters. The summed E-state index contributed by atoms with van der Waals surface area (Å²) in [5, 5.41) is 0.409. The average molecular weight is 459 g/mol. The molecule has 2 aromatic carbocycles. The molecule has 2 aromatic rings. The van der Waals surface area contributed by atoms with E-state index >= 15 is 0 Å². The largest absolute Gasteiger partial charge is 0.495 e. The Morgan fingerprint density at radius 1 is 0.897 bits per heavy atom. The van der Waals surface area contributed by atoms with Gasteiger partial charge < -0.3 is 4.74 Å². The molecule has 7 nitrogen and oxygen atoms in total. The van der Waals surface area contributed by atoms with Crippen LogP contribution in [0.4, 0.5) is 5.69 Å². The van der Waals surface area contributed by atoms with Crippen LogP contribution in [-0.2, 0) is 20.0 Å². The first-order chi connectivity index (χ1) is 13.7. The summed E-state index contributed by atoms with van der Waals surface area (Å²) < 4.78 is 60.7. The van der Waals surface area contributed by atoms with Gasteiger partial charge in [0.05, 0.1) is 22.6 Å². The lowest BCUT2D eigenvalue weighted by molar-refractivity contribution is 0.415. The lowest BCUT2D eigenvalue weighted by Gasteiger charge is -2.21. The molecule has 0 aliphatic carbocycles. The first-order valence-corrected chi connectivity index (χ1v) is 12.5. The number of rotatable bonds is 6. The van der Waals surface area contributed by atoms with Crippen LogP contribution in [0.15, 0.2) is 52.3 Å². The maximum absolute atomic E-state index is 13.1. The van der Waals surface area contributed by atoms with Crippen LogP contribution < -0.4 is 9.46 Å². The molecule has 0 spiro atoms. The van der Waals surface area contributed by atoms with Gasteiger partial charge in [-0.15, -0.1) is 0 Å². The molecule has 1 heterocycles. The zero-order chi connectivity index (χ0) is 21.1. The number of benzene rings is 2.